The Balaban J connectivity index is 2.05. The van der Waals surface area contributed by atoms with Crippen LogP contribution in [-0.4, -0.2) is 28.0 Å². The Morgan fingerprint density at radius 2 is 2.22 bits per heavy atom. The highest BCUT2D eigenvalue weighted by Crippen LogP contribution is 2.43. The third-order valence-corrected chi connectivity index (χ3v) is 5.81. The summed E-state index contributed by atoms with van der Waals surface area (Å²) in [7, 11) is 0. The molecule has 1 heterocycles. The van der Waals surface area contributed by atoms with Gasteiger partial charge in [0, 0.05) is 11.3 Å². The van der Waals surface area contributed by atoms with Crippen molar-refractivity contribution >= 4 is 23.1 Å². The molecule has 0 saturated heterocycles. The van der Waals surface area contributed by atoms with E-state index in [4.69, 9.17) is 0 Å². The van der Waals surface area contributed by atoms with E-state index in [1.54, 1.807) is 11.3 Å². The lowest BCUT2D eigenvalue weighted by molar-refractivity contribution is 0.215. The van der Waals surface area contributed by atoms with Crippen molar-refractivity contribution in [2.45, 2.75) is 62.6 Å². The molecule has 1 saturated carbocycles. The number of thioether (sulfide) groups is 1. The van der Waals surface area contributed by atoms with E-state index in [0.29, 0.717) is 16.7 Å². The van der Waals surface area contributed by atoms with Crippen LogP contribution in [0.3, 0.4) is 0 Å². The van der Waals surface area contributed by atoms with Crippen molar-refractivity contribution in [3.05, 3.63) is 5.01 Å². The maximum Gasteiger partial charge on any atom is 0.174 e. The Hall–Kier alpha value is -0.130. The summed E-state index contributed by atoms with van der Waals surface area (Å²) in [5.74, 6) is 0. The molecule has 3 nitrogen and oxygen atoms in total. The van der Waals surface area contributed by atoms with E-state index in [2.05, 4.69) is 36.3 Å². The number of aromatic nitrogens is 2. The summed E-state index contributed by atoms with van der Waals surface area (Å²) in [6.07, 6.45) is 3.85. The van der Waals surface area contributed by atoms with Crippen LogP contribution in [0.4, 0.5) is 0 Å². The van der Waals surface area contributed by atoms with Gasteiger partial charge in [-0.15, -0.1) is 10.2 Å². The van der Waals surface area contributed by atoms with Gasteiger partial charge in [0.25, 0.3) is 0 Å². The third-order valence-electron chi connectivity index (χ3n) is 3.56. The zero-order valence-corrected chi connectivity index (χ0v) is 13.3. The van der Waals surface area contributed by atoms with Crippen molar-refractivity contribution in [2.75, 3.05) is 6.54 Å². The Morgan fingerprint density at radius 3 is 2.83 bits per heavy atom. The van der Waals surface area contributed by atoms with Gasteiger partial charge in [-0.2, -0.15) is 0 Å². The number of hydrogen-bond acceptors (Lipinski definition) is 5. The van der Waals surface area contributed by atoms with E-state index in [0.717, 1.165) is 15.9 Å². The summed E-state index contributed by atoms with van der Waals surface area (Å²) in [5.41, 5.74) is 0.462. The van der Waals surface area contributed by atoms with Crippen molar-refractivity contribution in [1.29, 1.82) is 0 Å². The van der Waals surface area contributed by atoms with E-state index in [9.17, 15) is 0 Å². The fourth-order valence-electron chi connectivity index (χ4n) is 2.60. The topological polar surface area (TPSA) is 37.8 Å². The summed E-state index contributed by atoms with van der Waals surface area (Å²) in [5, 5.41) is 13.7. The first-order chi connectivity index (χ1) is 8.50. The molecule has 2 rings (SSSR count). The second-order valence-corrected chi connectivity index (χ2v) is 8.48. The lowest BCUT2D eigenvalue weighted by Crippen LogP contribution is -2.44. The number of nitrogens with one attached hydrogen (secondary N) is 1. The van der Waals surface area contributed by atoms with E-state index in [1.165, 1.54) is 19.3 Å². The molecule has 0 aliphatic heterocycles. The standard InChI is InChI=1S/C13H23N3S2/c1-5-14-10-6-7-13(3,4)8-11(10)18-12-16-15-9(2)17-12/h10-11,14H,5-8H2,1-4H3. The Kier molecular flexibility index (Phi) is 4.67. The minimum atomic E-state index is 0.462. The van der Waals surface area contributed by atoms with E-state index >= 15 is 0 Å². The molecule has 5 heteroatoms. The van der Waals surface area contributed by atoms with Crippen molar-refractivity contribution in [3.8, 4) is 0 Å². The van der Waals surface area contributed by atoms with Gasteiger partial charge >= 0.3 is 0 Å². The molecule has 1 fully saturated rings. The van der Waals surface area contributed by atoms with Gasteiger partial charge in [0.2, 0.25) is 0 Å². The van der Waals surface area contributed by atoms with Gasteiger partial charge in [0.05, 0.1) is 0 Å². The first kappa shape index (κ1) is 14.3. The fourth-order valence-corrected chi connectivity index (χ4v) is 5.22. The third kappa shape index (κ3) is 3.68. The van der Waals surface area contributed by atoms with Gasteiger partial charge in [-0.25, -0.2) is 0 Å². The van der Waals surface area contributed by atoms with Crippen LogP contribution < -0.4 is 5.32 Å². The highest BCUT2D eigenvalue weighted by atomic mass is 32.2. The minimum Gasteiger partial charge on any atom is -0.313 e. The van der Waals surface area contributed by atoms with Crippen LogP contribution >= 0.6 is 23.1 Å². The number of rotatable bonds is 4. The van der Waals surface area contributed by atoms with E-state index in [-0.39, 0.29) is 0 Å². The molecule has 0 amide bonds. The maximum atomic E-state index is 4.26. The lowest BCUT2D eigenvalue weighted by Gasteiger charge is -2.40. The number of hydrogen-bond donors (Lipinski definition) is 1. The van der Waals surface area contributed by atoms with Crippen molar-refractivity contribution in [1.82, 2.24) is 15.5 Å². The Labute approximate surface area is 118 Å². The number of nitrogens with zero attached hydrogens (tertiary/aromatic N) is 2. The SMILES string of the molecule is CCNC1CCC(C)(C)CC1Sc1nnc(C)s1. The molecule has 102 valence electrons. The molecule has 2 unspecified atom stereocenters. The van der Waals surface area contributed by atoms with Gasteiger partial charge in [-0.05, 0) is 38.1 Å². The maximum absolute atomic E-state index is 4.26. The molecular formula is C13H23N3S2. The van der Waals surface area contributed by atoms with Crippen LogP contribution in [0.15, 0.2) is 4.34 Å². The van der Waals surface area contributed by atoms with Crippen LogP contribution in [-0.2, 0) is 0 Å². The molecule has 1 N–H and O–H groups in total. The first-order valence-corrected chi connectivity index (χ1v) is 8.40. The summed E-state index contributed by atoms with van der Waals surface area (Å²) in [4.78, 5) is 0. The quantitative estimate of drug-likeness (QED) is 0.919. The lowest BCUT2D eigenvalue weighted by atomic mass is 9.75. The molecule has 1 aliphatic carbocycles. The average molecular weight is 285 g/mol. The molecule has 18 heavy (non-hydrogen) atoms. The zero-order chi connectivity index (χ0) is 13.2. The average Bonchev–Trinajstić information content (AvgIpc) is 2.68. The molecule has 0 spiro atoms. The molecule has 1 aromatic rings. The summed E-state index contributed by atoms with van der Waals surface area (Å²) < 4.78 is 1.12. The highest BCUT2D eigenvalue weighted by Gasteiger charge is 2.35. The molecule has 1 aromatic heterocycles. The van der Waals surface area contributed by atoms with Gasteiger partial charge in [-0.1, -0.05) is 43.9 Å². The Morgan fingerprint density at radius 1 is 1.44 bits per heavy atom. The van der Waals surface area contributed by atoms with Gasteiger partial charge in [0.1, 0.15) is 5.01 Å². The fraction of sp³-hybridized carbons (Fsp3) is 0.846. The molecule has 0 radical (unpaired) electrons. The zero-order valence-electron chi connectivity index (χ0n) is 11.7. The van der Waals surface area contributed by atoms with Crippen LogP contribution in [0.2, 0.25) is 0 Å². The molecule has 1 aliphatic rings. The van der Waals surface area contributed by atoms with Gasteiger partial charge in [-0.3, -0.25) is 0 Å². The largest absolute Gasteiger partial charge is 0.313 e. The van der Waals surface area contributed by atoms with Crippen LogP contribution in [0.25, 0.3) is 0 Å². The van der Waals surface area contributed by atoms with Crippen molar-refractivity contribution < 1.29 is 0 Å². The smallest absolute Gasteiger partial charge is 0.174 e. The van der Waals surface area contributed by atoms with Gasteiger partial charge in [0.15, 0.2) is 4.34 Å². The molecule has 0 aromatic carbocycles. The molecule has 2 atom stereocenters. The predicted octanol–water partition coefficient (Wildman–Crippen LogP) is 3.50. The van der Waals surface area contributed by atoms with Gasteiger partial charge < -0.3 is 5.32 Å². The predicted molar refractivity (Wildman–Crippen MR) is 79.4 cm³/mol. The second-order valence-electron chi connectivity index (χ2n) is 5.81. The minimum absolute atomic E-state index is 0.462. The van der Waals surface area contributed by atoms with E-state index in [1.807, 2.05) is 18.7 Å². The molecular weight excluding hydrogens is 262 g/mol. The van der Waals surface area contributed by atoms with Crippen LogP contribution in [0, 0.1) is 12.3 Å². The Bertz CT molecular complexity index is 389. The molecule has 0 bridgehead atoms. The van der Waals surface area contributed by atoms with Crippen molar-refractivity contribution in [2.24, 2.45) is 5.41 Å². The second kappa shape index (κ2) is 5.88. The normalized spacial score (nSPS) is 27.3. The van der Waals surface area contributed by atoms with E-state index < -0.39 is 0 Å². The number of aryl methyl sites for hydroxylation is 1. The summed E-state index contributed by atoms with van der Waals surface area (Å²) >= 11 is 3.63. The summed E-state index contributed by atoms with van der Waals surface area (Å²) in [6, 6.07) is 0.622. The summed E-state index contributed by atoms with van der Waals surface area (Å²) in [6.45, 7) is 10.0. The van der Waals surface area contributed by atoms with Crippen molar-refractivity contribution in [3.63, 3.8) is 0 Å². The first-order valence-electron chi connectivity index (χ1n) is 6.70. The monoisotopic (exact) mass is 285 g/mol. The highest BCUT2D eigenvalue weighted by molar-refractivity contribution is 8.01. The van der Waals surface area contributed by atoms with Crippen LogP contribution in [0.5, 0.6) is 0 Å². The van der Waals surface area contributed by atoms with Crippen LogP contribution in [0.1, 0.15) is 45.0 Å².